The molecule has 3 N–H and O–H groups in total. The van der Waals surface area contributed by atoms with Gasteiger partial charge in [0.1, 0.15) is 24.0 Å². The van der Waals surface area contributed by atoms with Crippen molar-refractivity contribution in [2.24, 2.45) is 0 Å². The highest BCUT2D eigenvalue weighted by atomic mass is 16.5. The molecule has 0 aliphatic rings. The minimum absolute atomic E-state index is 0.0985. The molecule has 0 aliphatic carbocycles. The molecule has 0 amide bonds. The van der Waals surface area contributed by atoms with Crippen LogP contribution in [-0.2, 0) is 0 Å². The van der Waals surface area contributed by atoms with Crippen molar-refractivity contribution in [1.82, 2.24) is 5.43 Å². The average Bonchev–Trinajstić information content (AvgIpc) is 2.78. The largest absolute Gasteiger partial charge is 0.491 e. The third-order valence-electron chi connectivity index (χ3n) is 4.58. The number of aliphatic hydroxyl groups excluding tert-OH is 1. The number of hydrogen-bond acceptors (Lipinski definition) is 6. The molecular weight excluding hydrogens is 380 g/mol. The zero-order chi connectivity index (χ0) is 20.8. The van der Waals surface area contributed by atoms with Gasteiger partial charge in [0.2, 0.25) is 0 Å². The number of fused-ring (bicyclic) bond motifs is 1. The van der Waals surface area contributed by atoms with Gasteiger partial charge >= 0.3 is 5.63 Å². The molecule has 152 valence electrons. The van der Waals surface area contributed by atoms with Gasteiger partial charge in [0.25, 0.3) is 0 Å². The first-order valence-electron chi connectivity index (χ1n) is 9.67. The summed E-state index contributed by atoms with van der Waals surface area (Å²) in [6, 6.07) is 26.1. The van der Waals surface area contributed by atoms with Gasteiger partial charge < -0.3 is 19.7 Å². The molecule has 1 atom stereocenters. The summed E-state index contributed by atoms with van der Waals surface area (Å²) in [5.74, 6) is 0.521. The molecule has 3 aromatic carbocycles. The van der Waals surface area contributed by atoms with E-state index in [0.29, 0.717) is 23.4 Å². The molecule has 0 saturated carbocycles. The molecule has 0 aliphatic heterocycles. The second-order valence-corrected chi connectivity index (χ2v) is 6.85. The van der Waals surface area contributed by atoms with E-state index in [1.807, 2.05) is 72.8 Å². The lowest BCUT2D eigenvalue weighted by molar-refractivity contribution is 0.108. The van der Waals surface area contributed by atoms with Crippen LogP contribution in [0.3, 0.4) is 0 Å². The van der Waals surface area contributed by atoms with Crippen LogP contribution < -0.4 is 21.2 Å². The van der Waals surface area contributed by atoms with Crippen molar-refractivity contribution in [1.29, 1.82) is 0 Å². The van der Waals surface area contributed by atoms with Crippen LogP contribution in [0.15, 0.2) is 94.1 Å². The van der Waals surface area contributed by atoms with Gasteiger partial charge in [0.15, 0.2) is 0 Å². The van der Waals surface area contributed by atoms with E-state index in [2.05, 4.69) is 10.9 Å². The highest BCUT2D eigenvalue weighted by Crippen LogP contribution is 2.24. The summed E-state index contributed by atoms with van der Waals surface area (Å²) < 4.78 is 11.1. The summed E-state index contributed by atoms with van der Waals surface area (Å²) in [4.78, 5) is 12.4. The standard InChI is InChI=1S/C24H22N2O4/c27-20(15-25-26-19-9-5-2-6-10-19)16-29-21-12-11-18-13-22(17-7-3-1-4-8-17)24(28)30-23(18)14-21/h1-14,20,25-27H,15-16H2. The molecule has 6 heteroatoms. The second-order valence-electron chi connectivity index (χ2n) is 6.85. The molecular formula is C24H22N2O4. The minimum atomic E-state index is -0.718. The van der Waals surface area contributed by atoms with E-state index in [0.717, 1.165) is 16.6 Å². The lowest BCUT2D eigenvalue weighted by Gasteiger charge is -2.14. The summed E-state index contributed by atoms with van der Waals surface area (Å²) in [6.45, 7) is 0.402. The third kappa shape index (κ3) is 4.86. The van der Waals surface area contributed by atoms with Gasteiger partial charge in [0.05, 0.1) is 5.56 Å². The number of benzene rings is 3. The fourth-order valence-corrected chi connectivity index (χ4v) is 3.04. The number of rotatable bonds is 8. The van der Waals surface area contributed by atoms with Crippen molar-refractivity contribution in [2.45, 2.75) is 6.10 Å². The summed E-state index contributed by atoms with van der Waals surface area (Å²) in [6.07, 6.45) is -0.718. The van der Waals surface area contributed by atoms with Crippen LogP contribution in [0.2, 0.25) is 0 Å². The number of hydrazine groups is 1. The summed E-state index contributed by atoms with van der Waals surface area (Å²) in [7, 11) is 0. The molecule has 0 saturated heterocycles. The fraction of sp³-hybridized carbons (Fsp3) is 0.125. The Morgan fingerprint density at radius 2 is 1.67 bits per heavy atom. The van der Waals surface area contributed by atoms with E-state index in [1.165, 1.54) is 0 Å². The Bertz CT molecular complexity index is 1160. The molecule has 4 rings (SSSR count). The summed E-state index contributed by atoms with van der Waals surface area (Å²) in [5.41, 5.74) is 8.24. The van der Waals surface area contributed by atoms with Gasteiger partial charge in [-0.3, -0.25) is 0 Å². The molecule has 1 aromatic heterocycles. The van der Waals surface area contributed by atoms with Crippen LogP contribution in [-0.4, -0.2) is 24.4 Å². The van der Waals surface area contributed by atoms with Crippen LogP contribution >= 0.6 is 0 Å². The number of aliphatic hydroxyl groups is 1. The van der Waals surface area contributed by atoms with Crippen molar-refractivity contribution < 1.29 is 14.3 Å². The Labute approximate surface area is 173 Å². The van der Waals surface area contributed by atoms with Gasteiger partial charge in [-0.05, 0) is 35.9 Å². The molecule has 6 nitrogen and oxygen atoms in total. The molecule has 0 radical (unpaired) electrons. The zero-order valence-corrected chi connectivity index (χ0v) is 16.2. The van der Waals surface area contributed by atoms with Gasteiger partial charge in [-0.2, -0.15) is 0 Å². The first kappa shape index (κ1) is 19.7. The lowest BCUT2D eigenvalue weighted by Crippen LogP contribution is -2.34. The Hall–Kier alpha value is -3.61. The molecule has 1 unspecified atom stereocenters. The van der Waals surface area contributed by atoms with Crippen molar-refractivity contribution in [3.63, 3.8) is 0 Å². The molecule has 1 heterocycles. The van der Waals surface area contributed by atoms with E-state index in [-0.39, 0.29) is 6.61 Å². The van der Waals surface area contributed by atoms with Crippen LogP contribution in [0.1, 0.15) is 0 Å². The predicted octanol–water partition coefficient (Wildman–Crippen LogP) is 3.82. The zero-order valence-electron chi connectivity index (χ0n) is 16.2. The molecule has 4 aromatic rings. The molecule has 0 fully saturated rings. The Morgan fingerprint density at radius 1 is 0.933 bits per heavy atom. The van der Waals surface area contributed by atoms with Crippen molar-refractivity contribution in [3.8, 4) is 16.9 Å². The van der Waals surface area contributed by atoms with E-state index in [9.17, 15) is 9.90 Å². The first-order valence-corrected chi connectivity index (χ1v) is 9.67. The number of ether oxygens (including phenoxy) is 1. The van der Waals surface area contributed by atoms with E-state index < -0.39 is 11.7 Å². The Kier molecular flexibility index (Phi) is 6.08. The molecule has 30 heavy (non-hydrogen) atoms. The van der Waals surface area contributed by atoms with Gasteiger partial charge in [-0.25, -0.2) is 10.2 Å². The number of nitrogens with one attached hydrogen (secondary N) is 2. The fourth-order valence-electron chi connectivity index (χ4n) is 3.04. The smallest absolute Gasteiger partial charge is 0.344 e. The summed E-state index contributed by atoms with van der Waals surface area (Å²) >= 11 is 0. The second kappa shape index (κ2) is 9.26. The minimum Gasteiger partial charge on any atom is -0.491 e. The highest BCUT2D eigenvalue weighted by Gasteiger charge is 2.10. The quantitative estimate of drug-likeness (QED) is 0.307. The van der Waals surface area contributed by atoms with Crippen molar-refractivity contribution >= 4 is 16.7 Å². The highest BCUT2D eigenvalue weighted by molar-refractivity contribution is 5.82. The van der Waals surface area contributed by atoms with E-state index >= 15 is 0 Å². The molecule has 0 spiro atoms. The van der Waals surface area contributed by atoms with Crippen LogP contribution in [0.4, 0.5) is 5.69 Å². The van der Waals surface area contributed by atoms with Crippen molar-refractivity contribution in [2.75, 3.05) is 18.6 Å². The Morgan fingerprint density at radius 3 is 2.43 bits per heavy atom. The van der Waals surface area contributed by atoms with E-state index in [4.69, 9.17) is 9.15 Å². The normalized spacial score (nSPS) is 11.9. The first-order chi connectivity index (χ1) is 14.7. The topological polar surface area (TPSA) is 83.7 Å². The monoisotopic (exact) mass is 402 g/mol. The maximum atomic E-state index is 12.4. The Balaban J connectivity index is 1.37. The maximum Gasteiger partial charge on any atom is 0.344 e. The number of anilines is 1. The number of hydrogen-bond donors (Lipinski definition) is 3. The third-order valence-corrected chi connectivity index (χ3v) is 4.58. The van der Waals surface area contributed by atoms with Gasteiger partial charge in [0, 0.05) is 23.7 Å². The SMILES string of the molecule is O=c1oc2cc(OCC(O)CNNc3ccccc3)ccc2cc1-c1ccccc1. The maximum absolute atomic E-state index is 12.4. The van der Waals surface area contributed by atoms with Gasteiger partial charge in [-0.1, -0.05) is 48.5 Å². The van der Waals surface area contributed by atoms with Crippen LogP contribution in [0.25, 0.3) is 22.1 Å². The number of para-hydroxylation sites is 1. The molecule has 0 bridgehead atoms. The van der Waals surface area contributed by atoms with Crippen molar-refractivity contribution in [3.05, 3.63) is 95.3 Å². The van der Waals surface area contributed by atoms with Crippen LogP contribution in [0.5, 0.6) is 5.75 Å². The summed E-state index contributed by atoms with van der Waals surface area (Å²) in [5, 5.41) is 10.9. The predicted molar refractivity (Wildman–Crippen MR) is 117 cm³/mol. The van der Waals surface area contributed by atoms with E-state index in [1.54, 1.807) is 12.1 Å². The van der Waals surface area contributed by atoms with Gasteiger partial charge in [-0.15, -0.1) is 0 Å². The lowest BCUT2D eigenvalue weighted by atomic mass is 10.1. The van der Waals surface area contributed by atoms with Crippen LogP contribution in [0, 0.1) is 0 Å². The average molecular weight is 402 g/mol.